The number of ether oxygens (including phenoxy) is 1. The van der Waals surface area contributed by atoms with Crippen molar-refractivity contribution in [2.24, 2.45) is 5.92 Å². The standard InChI is InChI=1S/C24H24F3NO4/c1-14-8-10-28(11-9-14)13-18-19(29)7-6-17-20(30)22(23(24(25,26)27)32-21(17)18)31-16-5-3-4-15(2)12-16/h3-7,12,14,29H,8-11,13H2,1-2H3/p+1. The number of benzene rings is 2. The number of hydrogen-bond acceptors (Lipinski definition) is 4. The number of hydrogen-bond donors (Lipinski definition) is 2. The summed E-state index contributed by atoms with van der Waals surface area (Å²) in [6.07, 6.45) is -2.97. The van der Waals surface area contributed by atoms with Gasteiger partial charge in [-0.25, -0.2) is 0 Å². The molecule has 0 radical (unpaired) electrons. The third-order valence-electron chi connectivity index (χ3n) is 5.97. The van der Waals surface area contributed by atoms with Crippen LogP contribution in [0.25, 0.3) is 11.0 Å². The maximum absolute atomic E-state index is 13.9. The average Bonchev–Trinajstić information content (AvgIpc) is 2.72. The summed E-state index contributed by atoms with van der Waals surface area (Å²) in [5.74, 6) is -1.91. The molecule has 1 saturated heterocycles. The molecule has 2 aromatic carbocycles. The summed E-state index contributed by atoms with van der Waals surface area (Å²) in [4.78, 5) is 14.2. The summed E-state index contributed by atoms with van der Waals surface area (Å²) >= 11 is 0. The van der Waals surface area contributed by atoms with E-state index in [9.17, 15) is 23.1 Å². The van der Waals surface area contributed by atoms with E-state index in [-0.39, 0.29) is 34.6 Å². The third kappa shape index (κ3) is 4.46. The second kappa shape index (κ2) is 8.50. The molecule has 0 amide bonds. The molecule has 2 heterocycles. The Bertz CT molecular complexity index is 1190. The minimum Gasteiger partial charge on any atom is -0.507 e. The highest BCUT2D eigenvalue weighted by molar-refractivity contribution is 5.83. The molecule has 32 heavy (non-hydrogen) atoms. The second-order valence-corrected chi connectivity index (χ2v) is 8.55. The van der Waals surface area contributed by atoms with Crippen LogP contribution in [0.3, 0.4) is 0 Å². The molecular formula is C24H25F3NO4+. The fourth-order valence-corrected chi connectivity index (χ4v) is 4.13. The fourth-order valence-electron chi connectivity index (χ4n) is 4.13. The average molecular weight is 448 g/mol. The summed E-state index contributed by atoms with van der Waals surface area (Å²) in [6, 6.07) is 8.99. The third-order valence-corrected chi connectivity index (χ3v) is 5.97. The van der Waals surface area contributed by atoms with Crippen LogP contribution in [-0.4, -0.2) is 18.2 Å². The Labute approximate surface area is 183 Å². The number of piperidine rings is 1. The molecule has 1 fully saturated rings. The number of halogens is 3. The van der Waals surface area contributed by atoms with Gasteiger partial charge < -0.3 is 19.2 Å². The molecule has 0 bridgehead atoms. The Kier molecular flexibility index (Phi) is 5.90. The number of fused-ring (bicyclic) bond motifs is 1. The van der Waals surface area contributed by atoms with Gasteiger partial charge in [-0.2, -0.15) is 13.2 Å². The van der Waals surface area contributed by atoms with Gasteiger partial charge in [-0.15, -0.1) is 0 Å². The lowest BCUT2D eigenvalue weighted by Crippen LogP contribution is -3.11. The van der Waals surface area contributed by atoms with Crippen LogP contribution in [0.4, 0.5) is 13.2 Å². The Morgan fingerprint density at radius 1 is 1.19 bits per heavy atom. The number of rotatable bonds is 4. The van der Waals surface area contributed by atoms with Crippen molar-refractivity contribution in [2.45, 2.75) is 39.4 Å². The van der Waals surface area contributed by atoms with Gasteiger partial charge in [0.15, 0.2) is 5.58 Å². The molecule has 0 unspecified atom stereocenters. The first-order valence-electron chi connectivity index (χ1n) is 10.6. The summed E-state index contributed by atoms with van der Waals surface area (Å²) in [7, 11) is 0. The first-order valence-corrected chi connectivity index (χ1v) is 10.6. The van der Waals surface area contributed by atoms with Crippen LogP contribution >= 0.6 is 0 Å². The predicted octanol–water partition coefficient (Wildman–Crippen LogP) is 4.43. The van der Waals surface area contributed by atoms with Gasteiger partial charge in [0, 0.05) is 0 Å². The van der Waals surface area contributed by atoms with Crippen molar-refractivity contribution in [1.29, 1.82) is 0 Å². The zero-order valence-electron chi connectivity index (χ0n) is 17.9. The molecular weight excluding hydrogens is 423 g/mol. The largest absolute Gasteiger partial charge is 0.507 e. The molecule has 0 aliphatic carbocycles. The van der Waals surface area contributed by atoms with Gasteiger partial charge >= 0.3 is 6.18 Å². The summed E-state index contributed by atoms with van der Waals surface area (Å²) < 4.78 is 52.4. The molecule has 170 valence electrons. The van der Waals surface area contributed by atoms with Gasteiger partial charge in [0.05, 0.1) is 24.0 Å². The van der Waals surface area contributed by atoms with E-state index in [2.05, 4.69) is 6.92 Å². The number of aromatic hydroxyl groups is 1. The zero-order valence-corrected chi connectivity index (χ0v) is 17.9. The summed E-state index contributed by atoms with van der Waals surface area (Å²) in [6.45, 7) is 5.87. The highest BCUT2D eigenvalue weighted by atomic mass is 19.4. The van der Waals surface area contributed by atoms with Gasteiger partial charge in [0.25, 0.3) is 5.76 Å². The number of nitrogens with one attached hydrogen (secondary N) is 1. The maximum Gasteiger partial charge on any atom is 0.453 e. The van der Waals surface area contributed by atoms with E-state index in [1.807, 2.05) is 0 Å². The van der Waals surface area contributed by atoms with E-state index in [1.54, 1.807) is 19.1 Å². The van der Waals surface area contributed by atoms with Crippen LogP contribution in [0.5, 0.6) is 17.2 Å². The van der Waals surface area contributed by atoms with E-state index in [4.69, 9.17) is 9.15 Å². The fraction of sp³-hybridized carbons (Fsp3) is 0.375. The van der Waals surface area contributed by atoms with Crippen LogP contribution in [-0.2, 0) is 12.7 Å². The lowest BCUT2D eigenvalue weighted by atomic mass is 9.98. The lowest BCUT2D eigenvalue weighted by molar-refractivity contribution is -0.919. The summed E-state index contributed by atoms with van der Waals surface area (Å²) in [5.41, 5.74) is -0.197. The first kappa shape index (κ1) is 22.2. The molecule has 4 rings (SSSR count). The molecule has 5 nitrogen and oxygen atoms in total. The number of alkyl halides is 3. The monoisotopic (exact) mass is 448 g/mol. The molecule has 1 aliphatic rings. The van der Waals surface area contributed by atoms with E-state index < -0.39 is 23.1 Å². The molecule has 1 aliphatic heterocycles. The van der Waals surface area contributed by atoms with Gasteiger partial charge in [0.1, 0.15) is 18.0 Å². The molecule has 0 spiro atoms. The van der Waals surface area contributed by atoms with Crippen molar-refractivity contribution < 1.29 is 32.3 Å². The van der Waals surface area contributed by atoms with E-state index >= 15 is 0 Å². The molecule has 8 heteroatoms. The number of phenols is 1. The lowest BCUT2D eigenvalue weighted by Gasteiger charge is -2.27. The van der Waals surface area contributed by atoms with Crippen molar-refractivity contribution in [3.8, 4) is 17.2 Å². The number of aryl methyl sites for hydroxylation is 1. The minimum atomic E-state index is -4.96. The highest BCUT2D eigenvalue weighted by Crippen LogP contribution is 2.39. The van der Waals surface area contributed by atoms with Crippen LogP contribution in [0.2, 0.25) is 0 Å². The van der Waals surface area contributed by atoms with E-state index in [0.29, 0.717) is 5.92 Å². The molecule has 3 aromatic rings. The number of likely N-dealkylation sites (tertiary alicyclic amines) is 1. The van der Waals surface area contributed by atoms with Crippen LogP contribution < -0.4 is 15.1 Å². The van der Waals surface area contributed by atoms with Gasteiger partial charge in [0.2, 0.25) is 11.2 Å². The van der Waals surface area contributed by atoms with Crippen molar-refractivity contribution >= 4 is 11.0 Å². The van der Waals surface area contributed by atoms with Gasteiger partial charge in [-0.1, -0.05) is 19.1 Å². The molecule has 2 N–H and O–H groups in total. The molecule has 1 aromatic heterocycles. The zero-order chi connectivity index (χ0) is 23.0. The van der Waals surface area contributed by atoms with Crippen molar-refractivity contribution in [3.63, 3.8) is 0 Å². The van der Waals surface area contributed by atoms with Crippen molar-refractivity contribution in [2.75, 3.05) is 13.1 Å². The topological polar surface area (TPSA) is 64.1 Å². The Morgan fingerprint density at radius 2 is 1.91 bits per heavy atom. The summed E-state index contributed by atoms with van der Waals surface area (Å²) in [5, 5.41) is 10.4. The molecule has 0 saturated carbocycles. The highest BCUT2D eigenvalue weighted by Gasteiger charge is 2.41. The maximum atomic E-state index is 13.9. The van der Waals surface area contributed by atoms with E-state index in [1.165, 1.54) is 24.3 Å². The van der Waals surface area contributed by atoms with Gasteiger partial charge in [-0.3, -0.25) is 4.79 Å². The molecule has 0 atom stereocenters. The minimum absolute atomic E-state index is 0.0572. The smallest absolute Gasteiger partial charge is 0.453 e. The Hall–Kier alpha value is -3.00. The Morgan fingerprint density at radius 3 is 2.56 bits per heavy atom. The predicted molar refractivity (Wildman–Crippen MR) is 113 cm³/mol. The first-order chi connectivity index (χ1) is 15.1. The van der Waals surface area contributed by atoms with Gasteiger partial charge in [-0.05, 0) is 55.5 Å². The van der Waals surface area contributed by atoms with E-state index in [0.717, 1.165) is 36.4 Å². The van der Waals surface area contributed by atoms with Crippen LogP contribution in [0.1, 0.15) is 36.7 Å². The van der Waals surface area contributed by atoms with Crippen molar-refractivity contribution in [3.05, 3.63) is 63.5 Å². The second-order valence-electron chi connectivity index (χ2n) is 8.55. The normalized spacial score (nSPS) is 19.3. The van der Waals surface area contributed by atoms with Crippen LogP contribution in [0.15, 0.2) is 45.6 Å². The number of phenolic OH excluding ortho intramolecular Hbond substituents is 1. The van der Waals surface area contributed by atoms with Crippen molar-refractivity contribution in [1.82, 2.24) is 0 Å². The Balaban J connectivity index is 1.85. The number of quaternary nitrogens is 1. The van der Waals surface area contributed by atoms with Crippen LogP contribution in [0, 0.1) is 12.8 Å². The quantitative estimate of drug-likeness (QED) is 0.620. The SMILES string of the molecule is Cc1cccc(Oc2c(C(F)(F)F)oc3c(C[NH+]4CCC(C)CC4)c(O)ccc3c2=O)c1.